The first-order valence-electron chi connectivity index (χ1n) is 5.42. The highest BCUT2D eigenvalue weighted by Gasteiger charge is 2.07. The summed E-state index contributed by atoms with van der Waals surface area (Å²) in [5, 5.41) is 3.38. The Labute approximate surface area is 132 Å². The lowest BCUT2D eigenvalue weighted by Gasteiger charge is -2.11. The van der Waals surface area contributed by atoms with E-state index in [0.29, 0.717) is 11.0 Å². The lowest BCUT2D eigenvalue weighted by molar-refractivity contribution is 1.12. The Kier molecular flexibility index (Phi) is 5.06. The molecule has 0 aliphatic carbocycles. The van der Waals surface area contributed by atoms with Crippen molar-refractivity contribution in [3.63, 3.8) is 0 Å². The van der Waals surface area contributed by atoms with Gasteiger partial charge in [0, 0.05) is 20.0 Å². The van der Waals surface area contributed by atoms with E-state index in [1.165, 1.54) is 16.9 Å². The summed E-state index contributed by atoms with van der Waals surface area (Å²) in [7, 11) is 0. The van der Waals surface area contributed by atoms with E-state index in [4.69, 9.17) is 11.6 Å². The fourth-order valence-electron chi connectivity index (χ4n) is 1.54. The molecular weight excluding hydrogens is 399 g/mol. The first kappa shape index (κ1) is 14.3. The van der Waals surface area contributed by atoms with Crippen LogP contribution in [-0.4, -0.2) is 4.98 Å². The van der Waals surface area contributed by atoms with Crippen LogP contribution in [0.1, 0.15) is 17.4 Å². The number of aryl methyl sites for hydroxylation is 1. The van der Waals surface area contributed by atoms with Gasteiger partial charge in [-0.15, -0.1) is 11.3 Å². The zero-order valence-electron chi connectivity index (χ0n) is 9.64. The molecule has 0 saturated heterocycles. The maximum absolute atomic E-state index is 5.81. The Hall–Kier alpha value is -0.100. The fourth-order valence-corrected chi connectivity index (χ4v) is 4.02. The molecule has 0 aliphatic rings. The third kappa shape index (κ3) is 3.47. The van der Waals surface area contributed by atoms with Crippen LogP contribution in [0.25, 0.3) is 0 Å². The number of nitrogens with one attached hydrogen (secondary N) is 1. The fraction of sp³-hybridized carbons (Fsp3) is 0.250. The Bertz CT molecular complexity index is 534. The summed E-state index contributed by atoms with van der Waals surface area (Å²) >= 11 is 14.5. The maximum atomic E-state index is 5.81. The van der Waals surface area contributed by atoms with Crippen LogP contribution in [0.3, 0.4) is 0 Å². The second-order valence-corrected chi connectivity index (χ2v) is 7.13. The molecule has 0 spiro atoms. The van der Waals surface area contributed by atoms with Crippen LogP contribution in [0.15, 0.2) is 27.3 Å². The van der Waals surface area contributed by atoms with Crippen LogP contribution in [0.4, 0.5) is 5.69 Å². The topological polar surface area (TPSA) is 24.9 Å². The molecule has 0 aliphatic heterocycles. The van der Waals surface area contributed by atoms with Crippen LogP contribution in [0.5, 0.6) is 0 Å². The molecule has 18 heavy (non-hydrogen) atoms. The number of nitrogens with zero attached hydrogens (tertiary/aromatic N) is 1. The standard InChI is InChI=1S/C12H11Br2ClN2S/c1-2-7-3-9(13)11(10(14)4-7)16-5-8-6-17-12(15)18-8/h3-4,6,16H,2,5H2,1H3. The molecule has 6 heteroatoms. The normalized spacial score (nSPS) is 10.7. The Morgan fingerprint density at radius 1 is 1.33 bits per heavy atom. The SMILES string of the molecule is CCc1cc(Br)c(NCc2cnc(Cl)s2)c(Br)c1. The summed E-state index contributed by atoms with van der Waals surface area (Å²) in [6.07, 6.45) is 2.81. The molecule has 1 heterocycles. The lowest BCUT2D eigenvalue weighted by atomic mass is 10.1. The van der Waals surface area contributed by atoms with E-state index in [1.807, 2.05) is 0 Å². The lowest BCUT2D eigenvalue weighted by Crippen LogP contribution is -2.00. The number of anilines is 1. The van der Waals surface area contributed by atoms with Crippen LogP contribution in [-0.2, 0) is 13.0 Å². The number of halogens is 3. The highest BCUT2D eigenvalue weighted by molar-refractivity contribution is 9.11. The van der Waals surface area contributed by atoms with Crippen molar-refractivity contribution in [3.8, 4) is 0 Å². The van der Waals surface area contributed by atoms with Crippen LogP contribution >= 0.6 is 54.8 Å². The van der Waals surface area contributed by atoms with Gasteiger partial charge in [0.25, 0.3) is 0 Å². The number of hydrogen-bond acceptors (Lipinski definition) is 3. The minimum Gasteiger partial charge on any atom is -0.378 e. The second-order valence-electron chi connectivity index (χ2n) is 3.72. The number of rotatable bonds is 4. The first-order valence-corrected chi connectivity index (χ1v) is 8.20. The van der Waals surface area contributed by atoms with E-state index in [1.54, 1.807) is 6.20 Å². The van der Waals surface area contributed by atoms with E-state index >= 15 is 0 Å². The van der Waals surface area contributed by atoms with Crippen molar-refractivity contribution in [2.45, 2.75) is 19.9 Å². The maximum Gasteiger partial charge on any atom is 0.183 e. The van der Waals surface area contributed by atoms with Gasteiger partial charge in [-0.25, -0.2) is 4.98 Å². The van der Waals surface area contributed by atoms with Crippen molar-refractivity contribution in [2.75, 3.05) is 5.32 Å². The van der Waals surface area contributed by atoms with E-state index in [2.05, 4.69) is 61.2 Å². The minimum atomic E-state index is 0.575. The minimum absolute atomic E-state index is 0.575. The summed E-state index contributed by atoms with van der Waals surface area (Å²) < 4.78 is 2.69. The second kappa shape index (κ2) is 6.37. The Morgan fingerprint density at radius 3 is 2.50 bits per heavy atom. The van der Waals surface area contributed by atoms with Crippen molar-refractivity contribution >= 4 is 60.5 Å². The van der Waals surface area contributed by atoms with Crippen molar-refractivity contribution < 1.29 is 0 Å². The van der Waals surface area contributed by atoms with Crippen molar-refractivity contribution in [1.82, 2.24) is 4.98 Å². The van der Waals surface area contributed by atoms with Gasteiger partial charge in [0.15, 0.2) is 4.47 Å². The molecule has 0 amide bonds. The molecular formula is C12H11Br2ClN2S. The summed E-state index contributed by atoms with van der Waals surface area (Å²) in [5.41, 5.74) is 2.34. The number of hydrogen-bond donors (Lipinski definition) is 1. The van der Waals surface area contributed by atoms with Gasteiger partial charge in [-0.05, 0) is 56.0 Å². The quantitative estimate of drug-likeness (QED) is 0.720. The van der Waals surface area contributed by atoms with E-state index < -0.39 is 0 Å². The molecule has 0 saturated carbocycles. The summed E-state index contributed by atoms with van der Waals surface area (Å²) in [5.74, 6) is 0. The van der Waals surface area contributed by atoms with Crippen LogP contribution in [0.2, 0.25) is 4.47 Å². The average Bonchev–Trinajstić information content (AvgIpc) is 2.73. The zero-order chi connectivity index (χ0) is 13.1. The van der Waals surface area contributed by atoms with E-state index in [0.717, 1.165) is 25.9 Å². The third-order valence-corrected chi connectivity index (χ3v) is 4.84. The molecule has 1 aromatic carbocycles. The Morgan fingerprint density at radius 2 is 2.00 bits per heavy atom. The predicted octanol–water partition coefficient (Wildman–Crippen LogP) is 5.50. The van der Waals surface area contributed by atoms with E-state index in [-0.39, 0.29) is 0 Å². The molecule has 2 nitrogen and oxygen atoms in total. The van der Waals surface area contributed by atoms with Crippen LogP contribution in [0, 0.1) is 0 Å². The zero-order valence-corrected chi connectivity index (χ0v) is 14.4. The van der Waals surface area contributed by atoms with Crippen LogP contribution < -0.4 is 5.32 Å². The van der Waals surface area contributed by atoms with Gasteiger partial charge in [-0.2, -0.15) is 0 Å². The van der Waals surface area contributed by atoms with Crippen molar-refractivity contribution in [3.05, 3.63) is 42.2 Å². The van der Waals surface area contributed by atoms with Gasteiger partial charge >= 0.3 is 0 Å². The molecule has 0 radical (unpaired) electrons. The molecule has 0 bridgehead atoms. The summed E-state index contributed by atoms with van der Waals surface area (Å²) in [6, 6.07) is 4.26. The summed E-state index contributed by atoms with van der Waals surface area (Å²) in [6.45, 7) is 2.85. The molecule has 2 aromatic rings. The van der Waals surface area contributed by atoms with E-state index in [9.17, 15) is 0 Å². The summed E-state index contributed by atoms with van der Waals surface area (Å²) in [4.78, 5) is 5.13. The van der Waals surface area contributed by atoms with Gasteiger partial charge in [-0.1, -0.05) is 18.5 Å². The first-order chi connectivity index (χ1) is 8.60. The monoisotopic (exact) mass is 408 g/mol. The molecule has 2 rings (SSSR count). The number of thiazole rings is 1. The molecule has 0 unspecified atom stereocenters. The number of aromatic nitrogens is 1. The highest BCUT2D eigenvalue weighted by Crippen LogP contribution is 2.33. The molecule has 1 aromatic heterocycles. The molecule has 0 fully saturated rings. The van der Waals surface area contributed by atoms with Gasteiger partial charge in [0.2, 0.25) is 0 Å². The largest absolute Gasteiger partial charge is 0.378 e. The predicted molar refractivity (Wildman–Crippen MR) is 85.7 cm³/mol. The molecule has 0 atom stereocenters. The molecule has 96 valence electrons. The highest BCUT2D eigenvalue weighted by atomic mass is 79.9. The van der Waals surface area contributed by atoms with Gasteiger partial charge in [0.1, 0.15) is 0 Å². The Balaban J connectivity index is 2.14. The third-order valence-electron chi connectivity index (χ3n) is 2.47. The van der Waals surface area contributed by atoms with Crippen molar-refractivity contribution in [1.29, 1.82) is 0 Å². The smallest absolute Gasteiger partial charge is 0.183 e. The van der Waals surface area contributed by atoms with Gasteiger partial charge < -0.3 is 5.32 Å². The van der Waals surface area contributed by atoms with Crippen molar-refractivity contribution in [2.24, 2.45) is 0 Å². The average molecular weight is 411 g/mol. The van der Waals surface area contributed by atoms with Gasteiger partial charge in [0.05, 0.1) is 12.2 Å². The van der Waals surface area contributed by atoms with Gasteiger partial charge in [-0.3, -0.25) is 0 Å². The molecule has 1 N–H and O–H groups in total. The number of benzene rings is 1.